The summed E-state index contributed by atoms with van der Waals surface area (Å²) in [6.07, 6.45) is 2.76. The molecule has 3 heteroatoms. The van der Waals surface area contributed by atoms with Crippen molar-refractivity contribution in [1.29, 1.82) is 5.26 Å². The van der Waals surface area contributed by atoms with Gasteiger partial charge in [0, 0.05) is 6.61 Å². The Morgan fingerprint density at radius 3 is 2.92 bits per heavy atom. The van der Waals surface area contributed by atoms with Crippen LogP contribution in [0.1, 0.15) is 26.2 Å². The van der Waals surface area contributed by atoms with E-state index < -0.39 is 0 Å². The van der Waals surface area contributed by atoms with Crippen LogP contribution in [0.3, 0.4) is 0 Å². The van der Waals surface area contributed by atoms with E-state index in [2.05, 4.69) is 11.4 Å². The van der Waals surface area contributed by atoms with E-state index in [-0.39, 0.29) is 18.1 Å². The van der Waals surface area contributed by atoms with Crippen LogP contribution in [-0.2, 0) is 0 Å². The molecule has 0 aromatic rings. The summed E-state index contributed by atoms with van der Waals surface area (Å²) in [5.74, 6) is 0.218. The normalized spacial score (nSPS) is 31.4. The van der Waals surface area contributed by atoms with Crippen molar-refractivity contribution in [3.63, 3.8) is 0 Å². The first-order valence-corrected chi connectivity index (χ1v) is 4.49. The number of aliphatic hydroxyl groups is 1. The highest BCUT2D eigenvalue weighted by Crippen LogP contribution is 2.25. The molecule has 2 N–H and O–H groups in total. The van der Waals surface area contributed by atoms with Crippen LogP contribution in [0.5, 0.6) is 0 Å². The molecule has 3 nitrogen and oxygen atoms in total. The van der Waals surface area contributed by atoms with Crippen LogP contribution in [0.2, 0.25) is 0 Å². The van der Waals surface area contributed by atoms with Crippen LogP contribution in [0.25, 0.3) is 0 Å². The zero-order valence-corrected chi connectivity index (χ0v) is 7.51. The van der Waals surface area contributed by atoms with Gasteiger partial charge in [0.05, 0.1) is 6.07 Å². The predicted molar refractivity (Wildman–Crippen MR) is 46.4 cm³/mol. The molecule has 0 spiro atoms. The summed E-state index contributed by atoms with van der Waals surface area (Å²) in [5.41, 5.74) is -0.345. The first-order valence-electron chi connectivity index (χ1n) is 4.49. The third-order valence-corrected chi connectivity index (χ3v) is 2.47. The van der Waals surface area contributed by atoms with Crippen LogP contribution >= 0.6 is 0 Å². The monoisotopic (exact) mass is 168 g/mol. The third-order valence-electron chi connectivity index (χ3n) is 2.47. The highest BCUT2D eigenvalue weighted by Gasteiger charge is 2.34. The smallest absolute Gasteiger partial charge is 0.107 e. The second kappa shape index (κ2) is 3.88. The van der Waals surface area contributed by atoms with Gasteiger partial charge in [-0.1, -0.05) is 6.92 Å². The quantitative estimate of drug-likeness (QED) is 0.650. The number of nitriles is 1. The van der Waals surface area contributed by atoms with Gasteiger partial charge in [-0.2, -0.15) is 5.26 Å². The third kappa shape index (κ3) is 1.96. The molecule has 0 aliphatic carbocycles. The Morgan fingerprint density at radius 2 is 2.50 bits per heavy atom. The Kier molecular flexibility index (Phi) is 3.07. The van der Waals surface area contributed by atoms with Gasteiger partial charge >= 0.3 is 0 Å². The van der Waals surface area contributed by atoms with Gasteiger partial charge in [0.15, 0.2) is 0 Å². The number of rotatable bonds is 3. The van der Waals surface area contributed by atoms with Gasteiger partial charge in [0.1, 0.15) is 5.54 Å². The highest BCUT2D eigenvalue weighted by atomic mass is 16.3. The van der Waals surface area contributed by atoms with Gasteiger partial charge in [-0.15, -0.1) is 0 Å². The van der Waals surface area contributed by atoms with Crippen LogP contribution < -0.4 is 5.32 Å². The molecule has 0 aromatic carbocycles. The van der Waals surface area contributed by atoms with E-state index in [0.29, 0.717) is 0 Å². The van der Waals surface area contributed by atoms with E-state index in [0.717, 1.165) is 25.8 Å². The Bertz CT molecular complexity index is 179. The summed E-state index contributed by atoms with van der Waals surface area (Å²) in [6, 6.07) is 2.32. The molecular formula is C9H16N2O. The first kappa shape index (κ1) is 9.50. The molecule has 68 valence electrons. The maximum atomic E-state index is 8.97. The topological polar surface area (TPSA) is 56.0 Å². The largest absolute Gasteiger partial charge is 0.396 e. The summed E-state index contributed by atoms with van der Waals surface area (Å²) in [7, 11) is 0. The van der Waals surface area contributed by atoms with E-state index in [1.807, 2.05) is 6.92 Å². The van der Waals surface area contributed by atoms with Crippen molar-refractivity contribution in [3.05, 3.63) is 0 Å². The summed E-state index contributed by atoms with van der Waals surface area (Å²) < 4.78 is 0. The number of nitrogens with one attached hydrogen (secondary N) is 1. The van der Waals surface area contributed by atoms with E-state index in [1.54, 1.807) is 0 Å². The summed E-state index contributed by atoms with van der Waals surface area (Å²) in [6.45, 7) is 3.08. The number of hydrogen-bond donors (Lipinski definition) is 2. The molecule has 2 unspecified atom stereocenters. The average molecular weight is 168 g/mol. The van der Waals surface area contributed by atoms with Crippen LogP contribution in [0.4, 0.5) is 0 Å². The zero-order valence-electron chi connectivity index (χ0n) is 7.51. The van der Waals surface area contributed by atoms with Crippen molar-refractivity contribution in [2.24, 2.45) is 5.92 Å². The molecule has 1 rings (SSSR count). The number of nitrogens with zero attached hydrogens (tertiary/aromatic N) is 1. The molecule has 2 atom stereocenters. The van der Waals surface area contributed by atoms with Crippen molar-refractivity contribution in [2.45, 2.75) is 31.7 Å². The molecule has 1 heterocycles. The minimum Gasteiger partial charge on any atom is -0.396 e. The average Bonchev–Trinajstić information content (AvgIpc) is 2.54. The Balaban J connectivity index is 2.51. The Hall–Kier alpha value is -0.590. The predicted octanol–water partition coefficient (Wildman–Crippen LogP) is 0.651. The van der Waals surface area contributed by atoms with E-state index in [4.69, 9.17) is 10.4 Å². The van der Waals surface area contributed by atoms with Crippen molar-refractivity contribution < 1.29 is 5.11 Å². The molecule has 0 bridgehead atoms. The fraction of sp³-hybridized carbons (Fsp3) is 0.889. The van der Waals surface area contributed by atoms with Gasteiger partial charge in [0.25, 0.3) is 0 Å². The maximum absolute atomic E-state index is 8.97. The minimum absolute atomic E-state index is 0.172. The minimum atomic E-state index is -0.345. The molecule has 1 saturated heterocycles. The first-order chi connectivity index (χ1) is 5.72. The molecule has 1 aliphatic rings. The lowest BCUT2D eigenvalue weighted by Crippen LogP contribution is -2.40. The lowest BCUT2D eigenvalue weighted by molar-refractivity contribution is 0.208. The van der Waals surface area contributed by atoms with E-state index >= 15 is 0 Å². The number of hydrogen-bond acceptors (Lipinski definition) is 3. The zero-order chi connectivity index (χ0) is 9.03. The second-order valence-electron chi connectivity index (χ2n) is 3.72. The lowest BCUT2D eigenvalue weighted by atomic mass is 9.88. The van der Waals surface area contributed by atoms with Crippen LogP contribution in [-0.4, -0.2) is 23.8 Å². The second-order valence-corrected chi connectivity index (χ2v) is 3.72. The molecule has 0 aromatic heterocycles. The van der Waals surface area contributed by atoms with Gasteiger partial charge in [-0.3, -0.25) is 5.32 Å². The van der Waals surface area contributed by atoms with Crippen molar-refractivity contribution in [1.82, 2.24) is 5.32 Å². The summed E-state index contributed by atoms with van der Waals surface area (Å²) in [5, 5.41) is 21.0. The molecule has 0 radical (unpaired) electrons. The van der Waals surface area contributed by atoms with Gasteiger partial charge in [-0.25, -0.2) is 0 Å². The number of aliphatic hydroxyl groups excluding tert-OH is 1. The maximum Gasteiger partial charge on any atom is 0.107 e. The van der Waals surface area contributed by atoms with E-state index in [9.17, 15) is 0 Å². The fourth-order valence-electron chi connectivity index (χ4n) is 1.78. The van der Waals surface area contributed by atoms with Gasteiger partial charge in [-0.05, 0) is 31.7 Å². The molecule has 1 aliphatic heterocycles. The lowest BCUT2D eigenvalue weighted by Gasteiger charge is -2.23. The van der Waals surface area contributed by atoms with Crippen LogP contribution in [0, 0.1) is 17.2 Å². The molecule has 0 saturated carbocycles. The van der Waals surface area contributed by atoms with Crippen molar-refractivity contribution in [3.8, 4) is 6.07 Å². The van der Waals surface area contributed by atoms with Crippen LogP contribution in [0.15, 0.2) is 0 Å². The Labute approximate surface area is 73.4 Å². The molecule has 12 heavy (non-hydrogen) atoms. The van der Waals surface area contributed by atoms with E-state index in [1.165, 1.54) is 0 Å². The fourth-order valence-corrected chi connectivity index (χ4v) is 1.78. The highest BCUT2D eigenvalue weighted by molar-refractivity contribution is 5.10. The Morgan fingerprint density at radius 1 is 1.75 bits per heavy atom. The SMILES string of the molecule is CC(CO)CC1(C#N)CCCN1. The molecular weight excluding hydrogens is 152 g/mol. The van der Waals surface area contributed by atoms with Crippen molar-refractivity contribution in [2.75, 3.05) is 13.2 Å². The molecule has 1 fully saturated rings. The van der Waals surface area contributed by atoms with Gasteiger partial charge in [0.2, 0.25) is 0 Å². The standard InChI is InChI=1S/C9H16N2O/c1-8(6-12)5-9(7-10)3-2-4-11-9/h8,11-12H,2-6H2,1H3. The van der Waals surface area contributed by atoms with Crippen molar-refractivity contribution >= 4 is 0 Å². The molecule has 0 amide bonds. The summed E-state index contributed by atoms with van der Waals surface area (Å²) >= 11 is 0. The van der Waals surface area contributed by atoms with Gasteiger partial charge < -0.3 is 5.11 Å². The summed E-state index contributed by atoms with van der Waals surface area (Å²) in [4.78, 5) is 0.